The molecule has 1 saturated carbocycles. The van der Waals surface area contributed by atoms with Gasteiger partial charge in [0, 0.05) is 18.3 Å². The molecule has 4 nitrogen and oxygen atoms in total. The summed E-state index contributed by atoms with van der Waals surface area (Å²) in [7, 11) is 0. The number of carbonyl (C=O) groups is 1. The zero-order valence-corrected chi connectivity index (χ0v) is 13.7. The summed E-state index contributed by atoms with van der Waals surface area (Å²) in [4.78, 5) is 17.0. The predicted octanol–water partition coefficient (Wildman–Crippen LogP) is 2.35. The topological polar surface area (TPSA) is 49.6 Å². The molecule has 0 aromatic heterocycles. The fourth-order valence-corrected chi connectivity index (χ4v) is 3.93. The van der Waals surface area contributed by atoms with Crippen molar-refractivity contribution in [2.24, 2.45) is 11.7 Å². The van der Waals surface area contributed by atoms with Gasteiger partial charge in [-0.3, -0.25) is 9.69 Å². The summed E-state index contributed by atoms with van der Waals surface area (Å²) in [5, 5.41) is 0. The van der Waals surface area contributed by atoms with E-state index in [1.807, 2.05) is 4.90 Å². The van der Waals surface area contributed by atoms with Crippen LogP contribution in [0.1, 0.15) is 52.4 Å². The first-order valence-electron chi connectivity index (χ1n) is 8.64. The third-order valence-corrected chi connectivity index (χ3v) is 5.12. The highest BCUT2D eigenvalue weighted by atomic mass is 16.2. The van der Waals surface area contributed by atoms with Crippen molar-refractivity contribution in [1.29, 1.82) is 0 Å². The summed E-state index contributed by atoms with van der Waals surface area (Å²) < 4.78 is 0. The second-order valence-corrected chi connectivity index (χ2v) is 6.28. The Balaban J connectivity index is 1.98. The number of allylic oxidation sites excluding steroid dienone is 2. The Hall–Kier alpha value is -0.870. The zero-order valence-electron chi connectivity index (χ0n) is 13.7. The lowest BCUT2D eigenvalue weighted by atomic mass is 10.0. The van der Waals surface area contributed by atoms with Crippen molar-refractivity contribution in [2.45, 2.75) is 58.4 Å². The van der Waals surface area contributed by atoms with Crippen molar-refractivity contribution >= 4 is 5.91 Å². The van der Waals surface area contributed by atoms with Crippen LogP contribution in [0, 0.1) is 5.92 Å². The van der Waals surface area contributed by atoms with Gasteiger partial charge >= 0.3 is 0 Å². The number of amides is 1. The van der Waals surface area contributed by atoms with Crippen LogP contribution >= 0.6 is 0 Å². The zero-order chi connectivity index (χ0) is 15.2. The molecule has 1 amide bonds. The van der Waals surface area contributed by atoms with Gasteiger partial charge in [-0.2, -0.15) is 0 Å². The third kappa shape index (κ3) is 3.86. The highest BCUT2D eigenvalue weighted by molar-refractivity contribution is 5.80. The average Bonchev–Trinajstić information content (AvgIpc) is 3.16. The van der Waals surface area contributed by atoms with Crippen molar-refractivity contribution in [1.82, 2.24) is 9.80 Å². The molecular weight excluding hydrogens is 262 g/mol. The Morgan fingerprint density at radius 3 is 2.67 bits per heavy atom. The number of hydrogen-bond acceptors (Lipinski definition) is 3. The smallest absolute Gasteiger partial charge is 0.240 e. The molecular formula is C17H31N3O. The molecule has 2 rings (SSSR count). The third-order valence-electron chi connectivity index (χ3n) is 5.12. The van der Waals surface area contributed by atoms with Gasteiger partial charge in [-0.25, -0.2) is 0 Å². The average molecular weight is 293 g/mol. The first-order valence-corrected chi connectivity index (χ1v) is 8.64. The van der Waals surface area contributed by atoms with E-state index in [9.17, 15) is 4.79 Å². The summed E-state index contributed by atoms with van der Waals surface area (Å²) in [5.41, 5.74) is 7.14. The highest BCUT2D eigenvalue weighted by Gasteiger charge is 2.32. The molecule has 0 aromatic rings. The summed E-state index contributed by atoms with van der Waals surface area (Å²) in [6.07, 6.45) is 9.26. The van der Waals surface area contributed by atoms with Gasteiger partial charge in [-0.15, -0.1) is 0 Å². The monoisotopic (exact) mass is 293 g/mol. The lowest BCUT2D eigenvalue weighted by Gasteiger charge is -2.33. The van der Waals surface area contributed by atoms with Crippen LogP contribution in [0.5, 0.6) is 0 Å². The summed E-state index contributed by atoms with van der Waals surface area (Å²) in [5.74, 6) is 0.827. The minimum absolute atomic E-state index is 0.259. The quantitative estimate of drug-likeness (QED) is 0.784. The van der Waals surface area contributed by atoms with E-state index in [0.717, 1.165) is 32.5 Å². The molecule has 2 aliphatic carbocycles. The van der Waals surface area contributed by atoms with Gasteiger partial charge in [0.2, 0.25) is 5.91 Å². The molecule has 120 valence electrons. The summed E-state index contributed by atoms with van der Waals surface area (Å²) >= 11 is 0. The first-order chi connectivity index (χ1) is 10.2. The second kappa shape index (κ2) is 7.95. The molecule has 2 aliphatic rings. The van der Waals surface area contributed by atoms with E-state index in [-0.39, 0.29) is 5.91 Å². The summed E-state index contributed by atoms with van der Waals surface area (Å²) in [6, 6.07) is 0.500. The molecule has 0 aliphatic heterocycles. The standard InChI is InChI=1S/C17H31N3O/c1-3-19(16-11-7-8-14(16)12-18)13-17(21)20(4-2)15-9-5-6-10-15/h9,14,16H,3-8,10-13,18H2,1-2H3. The van der Waals surface area contributed by atoms with Crippen molar-refractivity contribution < 1.29 is 4.79 Å². The van der Waals surface area contributed by atoms with E-state index in [4.69, 9.17) is 5.73 Å². The number of carbonyl (C=O) groups excluding carboxylic acids is 1. The van der Waals surface area contributed by atoms with Gasteiger partial charge in [0.1, 0.15) is 0 Å². The van der Waals surface area contributed by atoms with Gasteiger partial charge in [0.05, 0.1) is 6.54 Å². The van der Waals surface area contributed by atoms with E-state index in [1.54, 1.807) is 0 Å². The van der Waals surface area contributed by atoms with Crippen molar-refractivity contribution in [2.75, 3.05) is 26.2 Å². The lowest BCUT2D eigenvalue weighted by molar-refractivity contribution is -0.131. The van der Waals surface area contributed by atoms with E-state index >= 15 is 0 Å². The maximum absolute atomic E-state index is 12.7. The maximum Gasteiger partial charge on any atom is 0.240 e. The Morgan fingerprint density at radius 2 is 2.10 bits per heavy atom. The number of hydrogen-bond donors (Lipinski definition) is 1. The minimum atomic E-state index is 0.259. The fourth-order valence-electron chi connectivity index (χ4n) is 3.93. The second-order valence-electron chi connectivity index (χ2n) is 6.28. The molecule has 0 aromatic carbocycles. The molecule has 2 N–H and O–H groups in total. The number of rotatable bonds is 7. The Morgan fingerprint density at radius 1 is 1.29 bits per heavy atom. The van der Waals surface area contributed by atoms with Gasteiger partial charge in [0.25, 0.3) is 0 Å². The van der Waals surface area contributed by atoms with E-state index in [1.165, 1.54) is 31.4 Å². The molecule has 0 saturated heterocycles. The first kappa shape index (κ1) is 16.5. The highest BCUT2D eigenvalue weighted by Crippen LogP contribution is 2.29. The van der Waals surface area contributed by atoms with E-state index < -0.39 is 0 Å². The van der Waals surface area contributed by atoms with Crippen LogP contribution in [-0.2, 0) is 4.79 Å². The normalized spacial score (nSPS) is 25.4. The van der Waals surface area contributed by atoms with Crippen LogP contribution < -0.4 is 5.73 Å². The lowest BCUT2D eigenvalue weighted by Crippen LogP contribution is -2.46. The Kier molecular flexibility index (Phi) is 6.24. The molecule has 2 unspecified atom stereocenters. The van der Waals surface area contributed by atoms with Gasteiger partial charge in [-0.05, 0) is 58.0 Å². The van der Waals surface area contributed by atoms with Gasteiger partial charge in [-0.1, -0.05) is 19.4 Å². The van der Waals surface area contributed by atoms with E-state index in [0.29, 0.717) is 18.5 Å². The number of nitrogens with two attached hydrogens (primary N) is 1. The van der Waals surface area contributed by atoms with Crippen molar-refractivity contribution in [3.63, 3.8) is 0 Å². The molecule has 1 fully saturated rings. The molecule has 0 heterocycles. The molecule has 21 heavy (non-hydrogen) atoms. The van der Waals surface area contributed by atoms with Crippen LogP contribution in [0.15, 0.2) is 11.8 Å². The van der Waals surface area contributed by atoms with Crippen LogP contribution in [0.25, 0.3) is 0 Å². The minimum Gasteiger partial charge on any atom is -0.330 e. The van der Waals surface area contributed by atoms with Crippen molar-refractivity contribution in [3.8, 4) is 0 Å². The number of nitrogens with zero attached hydrogens (tertiary/aromatic N) is 2. The van der Waals surface area contributed by atoms with Gasteiger partial charge in [0.15, 0.2) is 0 Å². The molecule has 0 spiro atoms. The predicted molar refractivity (Wildman–Crippen MR) is 86.8 cm³/mol. The molecule has 4 heteroatoms. The molecule has 0 radical (unpaired) electrons. The van der Waals surface area contributed by atoms with Gasteiger partial charge < -0.3 is 10.6 Å². The maximum atomic E-state index is 12.7. The fraction of sp³-hybridized carbons (Fsp3) is 0.824. The molecule has 0 bridgehead atoms. The van der Waals surface area contributed by atoms with Crippen molar-refractivity contribution in [3.05, 3.63) is 11.8 Å². The van der Waals surface area contributed by atoms with Crippen LogP contribution in [0.4, 0.5) is 0 Å². The summed E-state index contributed by atoms with van der Waals surface area (Å²) in [6.45, 7) is 7.24. The SMILES string of the molecule is CCN(C(=O)CN(CC)C1CCCC1CN)C1=CCCC1. The van der Waals surface area contributed by atoms with Crippen LogP contribution in [-0.4, -0.2) is 47.9 Å². The van der Waals surface area contributed by atoms with Crippen LogP contribution in [0.3, 0.4) is 0 Å². The number of likely N-dealkylation sites (N-methyl/N-ethyl adjacent to an activating group) is 2. The van der Waals surface area contributed by atoms with E-state index in [2.05, 4.69) is 24.8 Å². The van der Waals surface area contributed by atoms with Crippen LogP contribution in [0.2, 0.25) is 0 Å². The Bertz CT molecular complexity index is 380. The molecule has 2 atom stereocenters. The largest absolute Gasteiger partial charge is 0.330 e. The Labute approximate surface area is 129 Å².